The number of likely N-dealkylation sites (N-methyl/N-ethyl adjacent to an activating group) is 1. The zero-order valence-electron chi connectivity index (χ0n) is 13.5. The number of carboxylic acids is 1. The first kappa shape index (κ1) is 17.0. The third-order valence-corrected chi connectivity index (χ3v) is 3.59. The minimum absolute atomic E-state index is 0.297. The van der Waals surface area contributed by atoms with Gasteiger partial charge in [-0.2, -0.15) is 0 Å². The van der Waals surface area contributed by atoms with Crippen LogP contribution in [0.3, 0.4) is 0 Å². The number of hydrogen-bond acceptors (Lipinski definition) is 4. The van der Waals surface area contributed by atoms with Crippen LogP contribution in [0.1, 0.15) is 11.1 Å². The summed E-state index contributed by atoms with van der Waals surface area (Å²) in [4.78, 5) is 26.4. The molecule has 1 amide bonds. The second kappa shape index (κ2) is 7.78. The van der Waals surface area contributed by atoms with Crippen LogP contribution in [0.5, 0.6) is 5.75 Å². The molecule has 0 bridgehead atoms. The average Bonchev–Trinajstić information content (AvgIpc) is 2.96. The van der Waals surface area contributed by atoms with Crippen molar-refractivity contribution in [2.45, 2.75) is 6.42 Å². The Hall–Kier alpha value is -2.34. The standard InChI is InChI=1S/C17H22N2O4/c1-18(2)8-9-19(12-17(21)22)16(20)6-4-13-3-5-15-14(11-13)7-10-23-15/h3-6,11H,7-10,12H2,1-2H3,(H,21,22). The highest BCUT2D eigenvalue weighted by atomic mass is 16.5. The van der Waals surface area contributed by atoms with Crippen molar-refractivity contribution in [2.75, 3.05) is 40.3 Å². The molecule has 1 aliphatic heterocycles. The van der Waals surface area contributed by atoms with Crippen molar-refractivity contribution in [2.24, 2.45) is 0 Å². The first-order chi connectivity index (χ1) is 11.0. The fourth-order valence-electron chi connectivity index (χ4n) is 2.33. The summed E-state index contributed by atoms with van der Waals surface area (Å²) in [6, 6.07) is 5.77. The van der Waals surface area contributed by atoms with Gasteiger partial charge in [0.2, 0.25) is 5.91 Å². The van der Waals surface area contributed by atoms with Crippen molar-refractivity contribution >= 4 is 18.0 Å². The quantitative estimate of drug-likeness (QED) is 0.763. The van der Waals surface area contributed by atoms with Crippen LogP contribution in [-0.4, -0.2) is 67.1 Å². The first-order valence-corrected chi connectivity index (χ1v) is 7.55. The maximum atomic E-state index is 12.2. The molecule has 124 valence electrons. The van der Waals surface area contributed by atoms with Gasteiger partial charge in [0.15, 0.2) is 0 Å². The zero-order chi connectivity index (χ0) is 16.8. The van der Waals surface area contributed by atoms with E-state index in [9.17, 15) is 9.59 Å². The largest absolute Gasteiger partial charge is 0.493 e. The van der Waals surface area contributed by atoms with E-state index in [1.807, 2.05) is 37.2 Å². The summed E-state index contributed by atoms with van der Waals surface area (Å²) >= 11 is 0. The number of benzene rings is 1. The average molecular weight is 318 g/mol. The van der Waals surface area contributed by atoms with Crippen molar-refractivity contribution in [1.29, 1.82) is 0 Å². The van der Waals surface area contributed by atoms with Gasteiger partial charge < -0.3 is 19.6 Å². The Bertz CT molecular complexity index is 611. The second-order valence-corrected chi connectivity index (χ2v) is 5.76. The van der Waals surface area contributed by atoms with E-state index in [4.69, 9.17) is 9.84 Å². The van der Waals surface area contributed by atoms with E-state index >= 15 is 0 Å². The molecule has 0 radical (unpaired) electrons. The number of ether oxygens (including phenoxy) is 1. The lowest BCUT2D eigenvalue weighted by Crippen LogP contribution is -2.39. The molecule has 1 heterocycles. The summed E-state index contributed by atoms with van der Waals surface area (Å²) in [5.74, 6) is -0.418. The van der Waals surface area contributed by atoms with Gasteiger partial charge in [-0.25, -0.2) is 0 Å². The van der Waals surface area contributed by atoms with Crippen LogP contribution in [-0.2, 0) is 16.0 Å². The molecule has 6 heteroatoms. The molecule has 1 aromatic carbocycles. The van der Waals surface area contributed by atoms with Crippen molar-refractivity contribution < 1.29 is 19.4 Å². The van der Waals surface area contributed by atoms with Crippen LogP contribution in [0.25, 0.3) is 6.08 Å². The highest BCUT2D eigenvalue weighted by Crippen LogP contribution is 2.26. The molecular weight excluding hydrogens is 296 g/mol. The number of carboxylic acid groups (broad SMARTS) is 1. The highest BCUT2D eigenvalue weighted by Gasteiger charge is 2.15. The molecular formula is C17H22N2O4. The number of hydrogen-bond donors (Lipinski definition) is 1. The van der Waals surface area contributed by atoms with Gasteiger partial charge in [-0.1, -0.05) is 6.07 Å². The smallest absolute Gasteiger partial charge is 0.323 e. The van der Waals surface area contributed by atoms with Crippen LogP contribution in [0.4, 0.5) is 0 Å². The maximum Gasteiger partial charge on any atom is 0.323 e. The van der Waals surface area contributed by atoms with E-state index < -0.39 is 5.97 Å². The van der Waals surface area contributed by atoms with Crippen LogP contribution in [0.15, 0.2) is 24.3 Å². The minimum Gasteiger partial charge on any atom is -0.493 e. The third-order valence-electron chi connectivity index (χ3n) is 3.59. The molecule has 2 rings (SSSR count). The number of nitrogens with zero attached hydrogens (tertiary/aromatic N) is 2. The number of aliphatic carboxylic acids is 1. The molecule has 1 aliphatic rings. The molecule has 1 N–H and O–H groups in total. The lowest BCUT2D eigenvalue weighted by atomic mass is 10.1. The molecule has 23 heavy (non-hydrogen) atoms. The Kier molecular flexibility index (Phi) is 5.76. The number of carbonyl (C=O) groups is 2. The Labute approximate surface area is 136 Å². The summed E-state index contributed by atoms with van der Waals surface area (Å²) in [6.07, 6.45) is 4.01. The van der Waals surface area contributed by atoms with Gasteiger partial charge in [0, 0.05) is 25.6 Å². The zero-order valence-corrected chi connectivity index (χ0v) is 13.5. The summed E-state index contributed by atoms with van der Waals surface area (Å²) in [5, 5.41) is 8.94. The van der Waals surface area contributed by atoms with Gasteiger partial charge in [-0.3, -0.25) is 9.59 Å². The molecule has 0 fully saturated rings. The van der Waals surface area contributed by atoms with Gasteiger partial charge >= 0.3 is 5.97 Å². The SMILES string of the molecule is CN(C)CCN(CC(=O)O)C(=O)C=Cc1ccc2c(c1)CCO2. The Morgan fingerprint density at radius 1 is 1.30 bits per heavy atom. The Morgan fingerprint density at radius 3 is 2.78 bits per heavy atom. The third kappa shape index (κ3) is 5.10. The van der Waals surface area contributed by atoms with Crippen molar-refractivity contribution in [1.82, 2.24) is 9.80 Å². The van der Waals surface area contributed by atoms with Crippen molar-refractivity contribution in [3.8, 4) is 5.75 Å². The Balaban J connectivity index is 2.02. The van der Waals surface area contributed by atoms with Gasteiger partial charge in [0.05, 0.1) is 6.61 Å². The summed E-state index contributed by atoms with van der Waals surface area (Å²) in [7, 11) is 3.76. The van der Waals surface area contributed by atoms with Crippen molar-refractivity contribution in [3.05, 3.63) is 35.4 Å². The maximum absolute atomic E-state index is 12.2. The van der Waals surface area contributed by atoms with E-state index in [1.165, 1.54) is 11.0 Å². The van der Waals surface area contributed by atoms with Crippen LogP contribution in [0.2, 0.25) is 0 Å². The normalized spacial score (nSPS) is 13.2. The first-order valence-electron chi connectivity index (χ1n) is 7.55. The monoisotopic (exact) mass is 318 g/mol. The summed E-state index contributed by atoms with van der Waals surface area (Å²) in [6.45, 7) is 1.39. The lowest BCUT2D eigenvalue weighted by Gasteiger charge is -2.21. The van der Waals surface area contributed by atoms with Crippen LogP contribution < -0.4 is 4.74 Å². The number of fused-ring (bicyclic) bond motifs is 1. The molecule has 0 unspecified atom stereocenters. The fraction of sp³-hybridized carbons (Fsp3) is 0.412. The van der Waals surface area contributed by atoms with Crippen LogP contribution in [0, 0.1) is 0 Å². The van der Waals surface area contributed by atoms with E-state index in [1.54, 1.807) is 6.08 Å². The molecule has 0 spiro atoms. The Morgan fingerprint density at radius 2 is 2.09 bits per heavy atom. The molecule has 0 saturated carbocycles. The number of amides is 1. The van der Waals surface area contributed by atoms with E-state index in [-0.39, 0.29) is 12.5 Å². The lowest BCUT2D eigenvalue weighted by molar-refractivity contribution is -0.142. The number of carbonyl (C=O) groups excluding carboxylic acids is 1. The van der Waals surface area contributed by atoms with Gasteiger partial charge in [-0.05, 0) is 43.4 Å². The van der Waals surface area contributed by atoms with Gasteiger partial charge in [0.25, 0.3) is 0 Å². The predicted molar refractivity (Wildman–Crippen MR) is 87.4 cm³/mol. The highest BCUT2D eigenvalue weighted by molar-refractivity contribution is 5.93. The molecule has 0 aromatic heterocycles. The summed E-state index contributed by atoms with van der Waals surface area (Å²) < 4.78 is 5.45. The predicted octanol–water partition coefficient (Wildman–Crippen LogP) is 1.11. The van der Waals surface area contributed by atoms with Crippen LogP contribution >= 0.6 is 0 Å². The van der Waals surface area contributed by atoms with Crippen molar-refractivity contribution in [3.63, 3.8) is 0 Å². The fourth-order valence-corrected chi connectivity index (χ4v) is 2.33. The molecule has 0 atom stereocenters. The van der Waals surface area contributed by atoms with E-state index in [0.29, 0.717) is 19.7 Å². The molecule has 6 nitrogen and oxygen atoms in total. The van der Waals surface area contributed by atoms with Gasteiger partial charge in [0.1, 0.15) is 12.3 Å². The topological polar surface area (TPSA) is 70.1 Å². The second-order valence-electron chi connectivity index (χ2n) is 5.76. The van der Waals surface area contributed by atoms with Gasteiger partial charge in [-0.15, -0.1) is 0 Å². The van der Waals surface area contributed by atoms with E-state index in [2.05, 4.69) is 0 Å². The molecule has 1 aromatic rings. The summed E-state index contributed by atoms with van der Waals surface area (Å²) in [5.41, 5.74) is 2.04. The molecule has 0 saturated heterocycles. The van der Waals surface area contributed by atoms with E-state index in [0.717, 1.165) is 23.3 Å². The minimum atomic E-state index is -1.01. The molecule has 0 aliphatic carbocycles. The number of rotatable bonds is 7.